The molecule has 0 bridgehead atoms. The van der Waals surface area contributed by atoms with Crippen molar-refractivity contribution in [3.05, 3.63) is 15.8 Å². The van der Waals surface area contributed by atoms with E-state index in [2.05, 4.69) is 5.32 Å². The molecule has 8 heteroatoms. The summed E-state index contributed by atoms with van der Waals surface area (Å²) in [5.41, 5.74) is 0. The molecule has 21 heavy (non-hydrogen) atoms. The molecule has 0 radical (unpaired) electrons. The number of nitrogens with two attached hydrogens (primary N) is 1. The molecule has 0 aromatic carbocycles. The zero-order valence-electron chi connectivity index (χ0n) is 12.7. The van der Waals surface area contributed by atoms with Gasteiger partial charge in [0.05, 0.1) is 22.4 Å². The lowest BCUT2D eigenvalue weighted by molar-refractivity contribution is 0.0809. The summed E-state index contributed by atoms with van der Waals surface area (Å²) in [7, 11) is -3.80. The third-order valence-corrected chi connectivity index (χ3v) is 5.24. The molecular weight excluding hydrogens is 312 g/mol. The molecule has 0 aliphatic heterocycles. The lowest BCUT2D eigenvalue weighted by Gasteiger charge is -2.21. The van der Waals surface area contributed by atoms with Gasteiger partial charge in [0.15, 0.2) is 0 Å². The van der Waals surface area contributed by atoms with Crippen LogP contribution >= 0.6 is 11.3 Å². The first-order valence-electron chi connectivity index (χ1n) is 6.68. The number of sulfonamides is 1. The van der Waals surface area contributed by atoms with Crippen LogP contribution in [0.2, 0.25) is 0 Å². The van der Waals surface area contributed by atoms with Crippen LogP contribution in [-0.2, 0) is 14.8 Å². The van der Waals surface area contributed by atoms with Gasteiger partial charge < -0.3 is 10.1 Å². The minimum Gasteiger partial charge on any atom is -0.380 e. The first kappa shape index (κ1) is 18.1. The van der Waals surface area contributed by atoms with Crippen molar-refractivity contribution in [1.29, 1.82) is 0 Å². The van der Waals surface area contributed by atoms with Gasteiger partial charge in [-0.05, 0) is 25.8 Å². The fourth-order valence-corrected chi connectivity index (χ4v) is 3.79. The van der Waals surface area contributed by atoms with Gasteiger partial charge in [0.1, 0.15) is 0 Å². The Balaban J connectivity index is 2.88. The molecule has 1 aromatic heterocycles. The van der Waals surface area contributed by atoms with Gasteiger partial charge in [0, 0.05) is 11.5 Å². The van der Waals surface area contributed by atoms with E-state index in [1.54, 1.807) is 6.92 Å². The zero-order valence-corrected chi connectivity index (χ0v) is 14.3. The van der Waals surface area contributed by atoms with Crippen LogP contribution < -0.4 is 10.5 Å². The van der Waals surface area contributed by atoms with Gasteiger partial charge in [-0.2, -0.15) is 0 Å². The third-order valence-electron chi connectivity index (χ3n) is 3.03. The number of carbonyl (C=O) groups excluding carboxylic acids is 1. The van der Waals surface area contributed by atoms with Crippen molar-refractivity contribution in [1.82, 2.24) is 5.32 Å². The quantitative estimate of drug-likeness (QED) is 0.789. The minimum atomic E-state index is -3.80. The van der Waals surface area contributed by atoms with Crippen molar-refractivity contribution in [2.45, 2.75) is 38.6 Å². The van der Waals surface area contributed by atoms with Crippen LogP contribution in [0.1, 0.15) is 35.3 Å². The van der Waals surface area contributed by atoms with Gasteiger partial charge >= 0.3 is 0 Å². The maximum Gasteiger partial charge on any atom is 0.261 e. The summed E-state index contributed by atoms with van der Waals surface area (Å²) in [5.74, 6) is -0.101. The van der Waals surface area contributed by atoms with Crippen molar-refractivity contribution < 1.29 is 17.9 Å². The predicted molar refractivity (Wildman–Crippen MR) is 83.0 cm³/mol. The van der Waals surface area contributed by atoms with E-state index >= 15 is 0 Å². The second kappa shape index (κ2) is 7.35. The molecule has 0 fully saturated rings. The molecule has 0 aliphatic carbocycles. The number of rotatable bonds is 7. The standard InChI is InChI=1S/C13H22N2O4S2/c1-5-19-7-10(8(2)3)15-13(16)11-6-12(9(4)20-11)21(14,17)18/h6,8,10H,5,7H2,1-4H3,(H,15,16)(H2,14,17,18). The van der Waals surface area contributed by atoms with Crippen molar-refractivity contribution in [3.63, 3.8) is 0 Å². The molecule has 0 aliphatic rings. The molecule has 1 heterocycles. The Morgan fingerprint density at radius 2 is 2.10 bits per heavy atom. The van der Waals surface area contributed by atoms with Gasteiger partial charge in [0.2, 0.25) is 10.0 Å². The molecule has 0 saturated carbocycles. The van der Waals surface area contributed by atoms with E-state index in [0.717, 1.165) is 11.3 Å². The summed E-state index contributed by atoms with van der Waals surface area (Å²) in [6, 6.07) is 1.20. The topological polar surface area (TPSA) is 98.5 Å². The second-order valence-electron chi connectivity index (χ2n) is 5.06. The number of nitrogens with one attached hydrogen (secondary N) is 1. The van der Waals surface area contributed by atoms with E-state index in [9.17, 15) is 13.2 Å². The summed E-state index contributed by atoms with van der Waals surface area (Å²) in [4.78, 5) is 13.1. The molecule has 0 spiro atoms. The highest BCUT2D eigenvalue weighted by atomic mass is 32.2. The van der Waals surface area contributed by atoms with Gasteiger partial charge in [-0.3, -0.25) is 4.79 Å². The van der Waals surface area contributed by atoms with Crippen LogP contribution in [0, 0.1) is 12.8 Å². The number of aryl methyl sites for hydroxylation is 1. The highest BCUT2D eigenvalue weighted by Crippen LogP contribution is 2.24. The van der Waals surface area contributed by atoms with E-state index in [1.165, 1.54) is 6.07 Å². The lowest BCUT2D eigenvalue weighted by atomic mass is 10.1. The summed E-state index contributed by atoms with van der Waals surface area (Å²) >= 11 is 1.11. The Hall–Kier alpha value is -0.960. The molecule has 6 nitrogen and oxygen atoms in total. The number of hydrogen-bond acceptors (Lipinski definition) is 5. The largest absolute Gasteiger partial charge is 0.380 e. The van der Waals surface area contributed by atoms with E-state index in [0.29, 0.717) is 23.0 Å². The average Bonchev–Trinajstić information content (AvgIpc) is 2.76. The molecule has 1 atom stereocenters. The summed E-state index contributed by atoms with van der Waals surface area (Å²) in [6.45, 7) is 8.49. The van der Waals surface area contributed by atoms with E-state index in [-0.39, 0.29) is 22.8 Å². The Morgan fingerprint density at radius 1 is 1.48 bits per heavy atom. The number of thiophene rings is 1. The van der Waals surface area contributed by atoms with E-state index in [1.807, 2.05) is 20.8 Å². The maximum atomic E-state index is 12.2. The highest BCUT2D eigenvalue weighted by Gasteiger charge is 2.22. The van der Waals surface area contributed by atoms with Crippen LogP contribution in [0.15, 0.2) is 11.0 Å². The first-order chi connectivity index (χ1) is 9.66. The van der Waals surface area contributed by atoms with Crippen LogP contribution in [-0.4, -0.2) is 33.6 Å². The van der Waals surface area contributed by atoms with E-state index in [4.69, 9.17) is 9.88 Å². The van der Waals surface area contributed by atoms with Crippen molar-refractivity contribution in [2.24, 2.45) is 11.1 Å². The number of hydrogen-bond donors (Lipinski definition) is 2. The lowest BCUT2D eigenvalue weighted by Crippen LogP contribution is -2.41. The summed E-state index contributed by atoms with van der Waals surface area (Å²) in [6.07, 6.45) is 0. The Kier molecular flexibility index (Phi) is 6.33. The normalized spacial score (nSPS) is 13.4. The average molecular weight is 334 g/mol. The predicted octanol–water partition coefficient (Wildman–Crippen LogP) is 1.49. The van der Waals surface area contributed by atoms with Gasteiger partial charge in [-0.25, -0.2) is 13.6 Å². The number of ether oxygens (including phenoxy) is 1. The molecule has 120 valence electrons. The molecular formula is C13H22N2O4S2. The Morgan fingerprint density at radius 3 is 2.52 bits per heavy atom. The number of amides is 1. The molecule has 1 unspecified atom stereocenters. The highest BCUT2D eigenvalue weighted by molar-refractivity contribution is 7.89. The molecule has 3 N–H and O–H groups in total. The third kappa shape index (κ3) is 5.06. The first-order valence-corrected chi connectivity index (χ1v) is 9.05. The minimum absolute atomic E-state index is 0.00329. The summed E-state index contributed by atoms with van der Waals surface area (Å²) < 4.78 is 28.1. The van der Waals surface area contributed by atoms with Crippen LogP contribution in [0.25, 0.3) is 0 Å². The number of carbonyl (C=O) groups is 1. The molecule has 1 aromatic rings. The number of primary sulfonamides is 1. The zero-order chi connectivity index (χ0) is 16.2. The molecule has 0 saturated heterocycles. The molecule has 1 rings (SSSR count). The monoisotopic (exact) mass is 334 g/mol. The van der Waals surface area contributed by atoms with Crippen molar-refractivity contribution in [3.8, 4) is 0 Å². The van der Waals surface area contributed by atoms with Gasteiger partial charge in [0.25, 0.3) is 5.91 Å². The maximum absolute atomic E-state index is 12.2. The fraction of sp³-hybridized carbons (Fsp3) is 0.615. The van der Waals surface area contributed by atoms with Crippen molar-refractivity contribution >= 4 is 27.3 Å². The molecule has 1 amide bonds. The smallest absolute Gasteiger partial charge is 0.261 e. The van der Waals surface area contributed by atoms with Gasteiger partial charge in [-0.15, -0.1) is 11.3 Å². The SMILES string of the molecule is CCOCC(NC(=O)c1cc(S(N)(=O)=O)c(C)s1)C(C)C. The second-order valence-corrected chi connectivity index (χ2v) is 7.85. The fourth-order valence-electron chi connectivity index (χ4n) is 1.74. The van der Waals surface area contributed by atoms with Gasteiger partial charge in [-0.1, -0.05) is 13.8 Å². The Bertz CT molecular complexity index is 593. The van der Waals surface area contributed by atoms with Crippen molar-refractivity contribution in [2.75, 3.05) is 13.2 Å². The van der Waals surface area contributed by atoms with Crippen LogP contribution in [0.4, 0.5) is 0 Å². The summed E-state index contributed by atoms with van der Waals surface area (Å²) in [5, 5.41) is 7.98. The van der Waals surface area contributed by atoms with E-state index < -0.39 is 10.0 Å². The Labute approximate surface area is 129 Å². The van der Waals surface area contributed by atoms with Crippen LogP contribution in [0.3, 0.4) is 0 Å². The van der Waals surface area contributed by atoms with Crippen LogP contribution in [0.5, 0.6) is 0 Å².